The van der Waals surface area contributed by atoms with Crippen LogP contribution in [-0.2, 0) is 4.74 Å². The largest absolute Gasteiger partial charge is 0.378 e. The number of nitrogens with one attached hydrogen (secondary N) is 1. The Bertz CT molecular complexity index is 468. The molecule has 1 saturated carbocycles. The fourth-order valence-corrected chi connectivity index (χ4v) is 3.39. The number of guanidine groups is 1. The van der Waals surface area contributed by atoms with Gasteiger partial charge in [-0.05, 0) is 38.3 Å². The van der Waals surface area contributed by atoms with Crippen LogP contribution < -0.4 is 11.1 Å². The number of rotatable bonds is 6. The first kappa shape index (κ1) is 15.8. The molecule has 1 fully saturated rings. The summed E-state index contributed by atoms with van der Waals surface area (Å²) in [5.74, 6) is 0.493. The Morgan fingerprint density at radius 1 is 1.29 bits per heavy atom. The van der Waals surface area contributed by atoms with Crippen LogP contribution in [0.3, 0.4) is 0 Å². The molecular weight excluding hydrogens is 262 g/mol. The van der Waals surface area contributed by atoms with E-state index in [1.54, 1.807) is 0 Å². The van der Waals surface area contributed by atoms with Gasteiger partial charge in [0.25, 0.3) is 0 Å². The number of nitrogens with zero attached hydrogens (tertiary/aromatic N) is 1. The second-order valence-corrected chi connectivity index (χ2v) is 5.64. The van der Waals surface area contributed by atoms with Crippen molar-refractivity contribution in [3.05, 3.63) is 30.3 Å². The van der Waals surface area contributed by atoms with E-state index in [1.165, 1.54) is 0 Å². The Hall–Kier alpha value is -1.55. The summed E-state index contributed by atoms with van der Waals surface area (Å²) in [6, 6.07) is 10.2. The lowest BCUT2D eigenvalue weighted by Crippen LogP contribution is -2.57. The first-order chi connectivity index (χ1) is 10.2. The molecule has 116 valence electrons. The second kappa shape index (κ2) is 6.94. The number of hydrogen-bond donors (Lipinski definition) is 2. The molecule has 2 unspecified atom stereocenters. The van der Waals surface area contributed by atoms with E-state index in [-0.39, 0.29) is 11.5 Å². The standard InChI is InChI=1S/C17H27N3O/c1-4-17(5-2)14(12-15(17)21-6-3)20-16(18)19-13-10-8-7-9-11-13/h7-11,14-15H,4-6,12H2,1-3H3,(H3,18,19,20). The average Bonchev–Trinajstić information content (AvgIpc) is 2.48. The SMILES string of the molecule is CCOC1CC(N=C(N)Nc2ccccc2)C1(CC)CC. The minimum atomic E-state index is 0.138. The van der Waals surface area contributed by atoms with Gasteiger partial charge in [0.05, 0.1) is 12.1 Å². The van der Waals surface area contributed by atoms with Gasteiger partial charge >= 0.3 is 0 Å². The van der Waals surface area contributed by atoms with Crippen LogP contribution in [0.5, 0.6) is 0 Å². The van der Waals surface area contributed by atoms with Crippen LogP contribution in [0, 0.1) is 5.41 Å². The molecule has 0 bridgehead atoms. The van der Waals surface area contributed by atoms with Crippen LogP contribution in [0.15, 0.2) is 35.3 Å². The molecule has 4 nitrogen and oxygen atoms in total. The maximum atomic E-state index is 6.06. The lowest BCUT2D eigenvalue weighted by molar-refractivity contribution is -0.126. The van der Waals surface area contributed by atoms with E-state index in [2.05, 4.69) is 26.1 Å². The number of anilines is 1. The molecule has 3 N–H and O–H groups in total. The molecule has 0 saturated heterocycles. The van der Waals surface area contributed by atoms with Crippen molar-refractivity contribution in [2.24, 2.45) is 16.1 Å². The number of hydrogen-bond acceptors (Lipinski definition) is 2. The highest BCUT2D eigenvalue weighted by molar-refractivity contribution is 5.92. The van der Waals surface area contributed by atoms with E-state index >= 15 is 0 Å². The molecule has 0 aliphatic heterocycles. The topological polar surface area (TPSA) is 59.6 Å². The predicted molar refractivity (Wildman–Crippen MR) is 88.5 cm³/mol. The molecular formula is C17H27N3O. The van der Waals surface area contributed by atoms with Gasteiger partial charge in [0.15, 0.2) is 5.96 Å². The van der Waals surface area contributed by atoms with Crippen LogP contribution in [-0.4, -0.2) is 24.7 Å². The second-order valence-electron chi connectivity index (χ2n) is 5.64. The Morgan fingerprint density at radius 2 is 1.95 bits per heavy atom. The monoisotopic (exact) mass is 289 g/mol. The smallest absolute Gasteiger partial charge is 0.193 e. The van der Waals surface area contributed by atoms with Crippen LogP contribution in [0.2, 0.25) is 0 Å². The normalized spacial score (nSPS) is 24.4. The summed E-state index contributed by atoms with van der Waals surface area (Å²) in [4.78, 5) is 4.71. The third kappa shape index (κ3) is 3.21. The van der Waals surface area contributed by atoms with E-state index in [0.29, 0.717) is 12.1 Å². The van der Waals surface area contributed by atoms with Crippen molar-refractivity contribution in [2.45, 2.75) is 52.2 Å². The van der Waals surface area contributed by atoms with E-state index in [4.69, 9.17) is 15.5 Å². The lowest BCUT2D eigenvalue weighted by Gasteiger charge is -2.53. The van der Waals surface area contributed by atoms with Gasteiger partial charge in [0.2, 0.25) is 0 Å². The summed E-state index contributed by atoms with van der Waals surface area (Å²) in [5, 5.41) is 3.16. The zero-order valence-corrected chi connectivity index (χ0v) is 13.3. The third-order valence-corrected chi connectivity index (χ3v) is 4.77. The summed E-state index contributed by atoms with van der Waals surface area (Å²) in [6.45, 7) is 7.26. The van der Waals surface area contributed by atoms with Crippen molar-refractivity contribution in [2.75, 3.05) is 11.9 Å². The number of aliphatic imine (C=N–C) groups is 1. The quantitative estimate of drug-likeness (QED) is 0.623. The molecule has 2 atom stereocenters. The number of nitrogens with two attached hydrogens (primary N) is 1. The van der Waals surface area contributed by atoms with Crippen LogP contribution in [0.4, 0.5) is 5.69 Å². The van der Waals surface area contributed by atoms with Crippen molar-refractivity contribution in [1.82, 2.24) is 0 Å². The highest BCUT2D eigenvalue weighted by Crippen LogP contribution is 2.50. The van der Waals surface area contributed by atoms with Crippen molar-refractivity contribution in [3.8, 4) is 0 Å². The number of para-hydroxylation sites is 1. The number of ether oxygens (including phenoxy) is 1. The zero-order chi connectivity index (χ0) is 15.3. The van der Waals surface area contributed by atoms with E-state index in [1.807, 2.05) is 30.3 Å². The van der Waals surface area contributed by atoms with Gasteiger partial charge in [-0.15, -0.1) is 0 Å². The molecule has 0 radical (unpaired) electrons. The molecule has 21 heavy (non-hydrogen) atoms. The van der Waals surface area contributed by atoms with Gasteiger partial charge in [0, 0.05) is 17.7 Å². The molecule has 0 amide bonds. The van der Waals surface area contributed by atoms with E-state index < -0.39 is 0 Å². The van der Waals surface area contributed by atoms with Gasteiger partial charge < -0.3 is 15.8 Å². The molecule has 1 aliphatic rings. The maximum absolute atomic E-state index is 6.06. The minimum absolute atomic E-state index is 0.138. The molecule has 1 aliphatic carbocycles. The third-order valence-electron chi connectivity index (χ3n) is 4.77. The fourth-order valence-electron chi connectivity index (χ4n) is 3.39. The fraction of sp³-hybridized carbons (Fsp3) is 0.588. The first-order valence-corrected chi connectivity index (χ1v) is 7.93. The molecule has 4 heteroatoms. The molecule has 0 aromatic heterocycles. The van der Waals surface area contributed by atoms with Gasteiger partial charge in [-0.2, -0.15) is 0 Å². The predicted octanol–water partition coefficient (Wildman–Crippen LogP) is 3.40. The summed E-state index contributed by atoms with van der Waals surface area (Å²) < 4.78 is 5.88. The van der Waals surface area contributed by atoms with Crippen molar-refractivity contribution >= 4 is 11.6 Å². The van der Waals surface area contributed by atoms with Gasteiger partial charge in [0.1, 0.15) is 0 Å². The maximum Gasteiger partial charge on any atom is 0.193 e. The van der Waals surface area contributed by atoms with E-state index in [0.717, 1.165) is 31.6 Å². The summed E-state index contributed by atoms with van der Waals surface area (Å²) in [5.41, 5.74) is 7.17. The Kier molecular flexibility index (Phi) is 5.23. The summed E-state index contributed by atoms with van der Waals surface area (Å²) in [7, 11) is 0. The van der Waals surface area contributed by atoms with Crippen LogP contribution in [0.1, 0.15) is 40.0 Å². The molecule has 1 aromatic carbocycles. The van der Waals surface area contributed by atoms with Gasteiger partial charge in [-0.25, -0.2) is 4.99 Å². The van der Waals surface area contributed by atoms with E-state index in [9.17, 15) is 0 Å². The van der Waals surface area contributed by atoms with Crippen LogP contribution in [0.25, 0.3) is 0 Å². The highest BCUT2D eigenvalue weighted by atomic mass is 16.5. The molecule has 0 spiro atoms. The Morgan fingerprint density at radius 3 is 2.52 bits per heavy atom. The van der Waals surface area contributed by atoms with Gasteiger partial charge in [-0.3, -0.25) is 0 Å². The van der Waals surface area contributed by atoms with Gasteiger partial charge in [-0.1, -0.05) is 32.0 Å². The lowest BCUT2D eigenvalue weighted by atomic mass is 9.59. The Labute approximate surface area is 127 Å². The Balaban J connectivity index is 2.06. The first-order valence-electron chi connectivity index (χ1n) is 7.93. The summed E-state index contributed by atoms with van der Waals surface area (Å²) >= 11 is 0. The molecule has 2 rings (SSSR count). The number of benzene rings is 1. The summed E-state index contributed by atoms with van der Waals surface area (Å²) in [6.07, 6.45) is 3.42. The zero-order valence-electron chi connectivity index (χ0n) is 13.3. The molecule has 1 aromatic rings. The molecule has 0 heterocycles. The average molecular weight is 289 g/mol. The van der Waals surface area contributed by atoms with Crippen LogP contribution >= 0.6 is 0 Å². The highest BCUT2D eigenvalue weighted by Gasteiger charge is 2.53. The van der Waals surface area contributed by atoms with Crippen molar-refractivity contribution in [1.29, 1.82) is 0 Å². The minimum Gasteiger partial charge on any atom is -0.378 e. The van der Waals surface area contributed by atoms with Crippen molar-refractivity contribution < 1.29 is 4.74 Å². The van der Waals surface area contributed by atoms with Crippen molar-refractivity contribution in [3.63, 3.8) is 0 Å².